The molecule has 1 aromatic rings. The van der Waals surface area contributed by atoms with Crippen molar-refractivity contribution in [3.05, 3.63) is 23.2 Å². The zero-order chi connectivity index (χ0) is 15.5. The first-order valence-corrected chi connectivity index (χ1v) is 9.58. The number of hydrogen-bond donors (Lipinski definition) is 0. The Morgan fingerprint density at radius 3 is 2.00 bits per heavy atom. The molecule has 0 radical (unpaired) electrons. The summed E-state index contributed by atoms with van der Waals surface area (Å²) in [5.74, 6) is 1.17. The normalized spacial score (nSPS) is 12.7. The maximum atomic E-state index is 10.8. The van der Waals surface area contributed by atoms with E-state index in [-0.39, 0.29) is 0 Å². The van der Waals surface area contributed by atoms with Crippen LogP contribution in [0.3, 0.4) is 0 Å². The minimum atomic E-state index is -1.86. The van der Waals surface area contributed by atoms with Gasteiger partial charge in [0, 0.05) is 5.56 Å². The average molecular weight is 296 g/mol. The fourth-order valence-corrected chi connectivity index (χ4v) is 8.85. The third-order valence-corrected chi connectivity index (χ3v) is 10.4. The Balaban J connectivity index is 2.96. The molecule has 0 aromatic carbocycles. The summed E-state index contributed by atoms with van der Waals surface area (Å²) in [6.45, 7) is 16.0. The van der Waals surface area contributed by atoms with E-state index >= 15 is 0 Å². The number of rotatable bonds is 7. The zero-order valence-electron chi connectivity index (χ0n) is 13.8. The second-order valence-electron chi connectivity index (χ2n) is 6.45. The molecular formula is C16H28O3Si. The Bertz CT molecular complexity index is 425. The summed E-state index contributed by atoms with van der Waals surface area (Å²) in [6.07, 6.45) is 0.745. The Labute approximate surface area is 123 Å². The highest BCUT2D eigenvalue weighted by Gasteiger charge is 2.45. The molecule has 20 heavy (non-hydrogen) atoms. The second kappa shape index (κ2) is 6.72. The quantitative estimate of drug-likeness (QED) is 0.519. The Hall–Kier alpha value is -0.873. The van der Waals surface area contributed by atoms with E-state index in [1.165, 1.54) is 0 Å². The van der Waals surface area contributed by atoms with Crippen molar-refractivity contribution in [2.45, 2.75) is 71.7 Å². The third kappa shape index (κ3) is 3.23. The molecular weight excluding hydrogens is 268 g/mol. The van der Waals surface area contributed by atoms with Gasteiger partial charge in [0.25, 0.3) is 0 Å². The minimum absolute atomic E-state index is 0.381. The van der Waals surface area contributed by atoms with Crippen LogP contribution in [0.1, 0.15) is 63.4 Å². The first kappa shape index (κ1) is 17.2. The van der Waals surface area contributed by atoms with Gasteiger partial charge in [-0.05, 0) is 29.6 Å². The van der Waals surface area contributed by atoms with Gasteiger partial charge >= 0.3 is 0 Å². The van der Waals surface area contributed by atoms with Crippen LogP contribution in [0.5, 0.6) is 0 Å². The molecule has 3 nitrogen and oxygen atoms in total. The van der Waals surface area contributed by atoms with E-state index in [2.05, 4.69) is 41.5 Å². The van der Waals surface area contributed by atoms with Gasteiger partial charge in [-0.1, -0.05) is 41.5 Å². The van der Waals surface area contributed by atoms with Crippen LogP contribution in [0.4, 0.5) is 0 Å². The van der Waals surface area contributed by atoms with Crippen molar-refractivity contribution in [2.24, 2.45) is 0 Å². The monoisotopic (exact) mass is 296 g/mol. The van der Waals surface area contributed by atoms with E-state index in [9.17, 15) is 4.79 Å². The highest BCUT2D eigenvalue weighted by molar-refractivity contribution is 6.77. The van der Waals surface area contributed by atoms with Crippen molar-refractivity contribution in [3.8, 4) is 0 Å². The lowest BCUT2D eigenvalue weighted by Gasteiger charge is -2.42. The molecule has 0 aliphatic heterocycles. The van der Waals surface area contributed by atoms with E-state index in [1.54, 1.807) is 6.07 Å². The third-order valence-electron chi connectivity index (χ3n) is 4.34. The Morgan fingerprint density at radius 2 is 1.65 bits per heavy atom. The van der Waals surface area contributed by atoms with Crippen LogP contribution < -0.4 is 0 Å². The summed E-state index contributed by atoms with van der Waals surface area (Å²) in [6, 6.07) is 1.79. The summed E-state index contributed by atoms with van der Waals surface area (Å²) in [5.41, 5.74) is 2.66. The summed E-state index contributed by atoms with van der Waals surface area (Å²) < 4.78 is 11.9. The topological polar surface area (TPSA) is 39.4 Å². The highest BCUT2D eigenvalue weighted by Crippen LogP contribution is 2.42. The summed E-state index contributed by atoms with van der Waals surface area (Å²) >= 11 is 0. The highest BCUT2D eigenvalue weighted by atomic mass is 28.4. The first-order valence-electron chi connectivity index (χ1n) is 7.44. The van der Waals surface area contributed by atoms with Crippen LogP contribution in [-0.4, -0.2) is 14.6 Å². The number of furan rings is 1. The Morgan fingerprint density at radius 1 is 1.15 bits per heavy atom. The average Bonchev–Trinajstić information content (AvgIpc) is 2.69. The van der Waals surface area contributed by atoms with Crippen molar-refractivity contribution in [2.75, 3.05) is 0 Å². The van der Waals surface area contributed by atoms with Crippen LogP contribution in [-0.2, 0) is 11.0 Å². The van der Waals surface area contributed by atoms with Gasteiger partial charge in [0.2, 0.25) is 8.32 Å². The molecule has 0 unspecified atom stereocenters. The molecule has 1 heterocycles. The molecule has 0 bridgehead atoms. The largest absolute Gasteiger partial charge is 0.458 e. The lowest BCUT2D eigenvalue weighted by Crippen LogP contribution is -2.47. The molecule has 0 fully saturated rings. The van der Waals surface area contributed by atoms with Gasteiger partial charge in [-0.25, -0.2) is 0 Å². The molecule has 114 valence electrons. The van der Waals surface area contributed by atoms with Gasteiger partial charge < -0.3 is 8.84 Å². The lowest BCUT2D eigenvalue weighted by atomic mass is 10.3. The first-order chi connectivity index (χ1) is 9.25. The molecule has 0 aliphatic carbocycles. The molecule has 0 spiro atoms. The molecule has 0 saturated carbocycles. The van der Waals surface area contributed by atoms with Crippen molar-refractivity contribution in [1.29, 1.82) is 0 Å². The van der Waals surface area contributed by atoms with Crippen LogP contribution in [0.15, 0.2) is 10.5 Å². The molecule has 1 rings (SSSR count). The van der Waals surface area contributed by atoms with E-state index in [4.69, 9.17) is 8.84 Å². The van der Waals surface area contributed by atoms with Gasteiger partial charge in [-0.15, -0.1) is 0 Å². The van der Waals surface area contributed by atoms with Gasteiger partial charge in [0.05, 0.1) is 6.61 Å². The molecule has 0 atom stereocenters. The fraction of sp³-hybridized carbons (Fsp3) is 0.688. The van der Waals surface area contributed by atoms with Crippen LogP contribution >= 0.6 is 0 Å². The standard InChI is InChI=1S/C16H28O3Si/c1-11(2)20(12(3)4,13(5)6)18-10-15-8-16(9-17)19-14(15)7/h8-9,11-13H,10H2,1-7H3. The van der Waals surface area contributed by atoms with Gasteiger partial charge in [0.15, 0.2) is 12.0 Å². The molecule has 1 aromatic heterocycles. The summed E-state index contributed by atoms with van der Waals surface area (Å²) in [4.78, 5) is 10.8. The Kier molecular flexibility index (Phi) is 5.77. The predicted octanol–water partition coefficient (Wildman–Crippen LogP) is 5.09. The van der Waals surface area contributed by atoms with E-state index in [1.807, 2.05) is 6.92 Å². The second-order valence-corrected chi connectivity index (χ2v) is 11.9. The summed E-state index contributed by atoms with van der Waals surface area (Å²) in [5, 5.41) is 0. The number of carbonyl (C=O) groups is 1. The van der Waals surface area contributed by atoms with Gasteiger partial charge in [0.1, 0.15) is 5.76 Å². The van der Waals surface area contributed by atoms with Crippen molar-refractivity contribution in [1.82, 2.24) is 0 Å². The zero-order valence-corrected chi connectivity index (χ0v) is 14.8. The van der Waals surface area contributed by atoms with Gasteiger partial charge in [-0.2, -0.15) is 0 Å². The molecule has 0 saturated heterocycles. The number of aldehydes is 1. The molecule has 4 heteroatoms. The minimum Gasteiger partial charge on any atom is -0.458 e. The number of carbonyl (C=O) groups excluding carboxylic acids is 1. The van der Waals surface area contributed by atoms with Crippen molar-refractivity contribution < 1.29 is 13.6 Å². The molecule has 0 amide bonds. The van der Waals surface area contributed by atoms with E-state index in [0.717, 1.165) is 17.6 Å². The van der Waals surface area contributed by atoms with Crippen LogP contribution in [0.2, 0.25) is 16.6 Å². The van der Waals surface area contributed by atoms with Gasteiger partial charge in [-0.3, -0.25) is 4.79 Å². The molecule has 0 aliphatic rings. The van der Waals surface area contributed by atoms with Crippen LogP contribution in [0.25, 0.3) is 0 Å². The van der Waals surface area contributed by atoms with Crippen LogP contribution in [0, 0.1) is 6.92 Å². The predicted molar refractivity (Wildman–Crippen MR) is 84.7 cm³/mol. The molecule has 0 N–H and O–H groups in total. The van der Waals surface area contributed by atoms with Crippen molar-refractivity contribution in [3.63, 3.8) is 0 Å². The SMILES string of the molecule is Cc1oc(C=O)cc1CO[Si](C(C)C)(C(C)C)C(C)C. The van der Waals surface area contributed by atoms with E-state index < -0.39 is 8.32 Å². The summed E-state index contributed by atoms with van der Waals surface area (Å²) in [7, 11) is -1.86. The van der Waals surface area contributed by atoms with Crippen molar-refractivity contribution >= 4 is 14.6 Å². The maximum absolute atomic E-state index is 10.8. The smallest absolute Gasteiger partial charge is 0.200 e. The lowest BCUT2D eigenvalue weighted by molar-refractivity contribution is 0.109. The number of hydrogen-bond acceptors (Lipinski definition) is 3. The number of aryl methyl sites for hydroxylation is 1. The maximum Gasteiger partial charge on any atom is 0.200 e. The van der Waals surface area contributed by atoms with E-state index in [0.29, 0.717) is 29.0 Å². The fourth-order valence-electron chi connectivity index (χ4n) is 3.45.